The minimum atomic E-state index is -1.30. The standard InChI is InChI=1S/C35H48N4O6/c1-23(2)20-27(38-33(43)45-35(7,8)9)31(41)39(19-18-36)29(26-17-13-14-24(3)21-26)30(40)37-28(32(42)44-34(4,5)6)22-25-15-11-10-12-16-25/h10-17,21,23,27-29H,19-20,22H2,1-9H3,(H,37,40)(H,38,43). The Morgan fingerprint density at radius 3 is 2.02 bits per heavy atom. The van der Waals surface area contributed by atoms with Gasteiger partial charge in [-0.1, -0.05) is 74.0 Å². The lowest BCUT2D eigenvalue weighted by atomic mass is 9.97. The van der Waals surface area contributed by atoms with Gasteiger partial charge in [-0.2, -0.15) is 5.26 Å². The number of esters is 1. The first kappa shape index (κ1) is 36.8. The number of nitriles is 1. The van der Waals surface area contributed by atoms with Crippen molar-refractivity contribution < 1.29 is 28.7 Å². The molecule has 3 amide bonds. The number of ether oxygens (including phenoxy) is 2. The number of nitrogens with zero attached hydrogens (tertiary/aromatic N) is 2. The van der Waals surface area contributed by atoms with Crippen LogP contribution in [0.3, 0.4) is 0 Å². The van der Waals surface area contributed by atoms with Crippen LogP contribution in [0.2, 0.25) is 0 Å². The number of hydrogen-bond donors (Lipinski definition) is 2. The topological polar surface area (TPSA) is 138 Å². The zero-order valence-corrected chi connectivity index (χ0v) is 28.0. The molecule has 0 spiro atoms. The van der Waals surface area contributed by atoms with Gasteiger partial charge in [-0.25, -0.2) is 9.59 Å². The molecule has 0 aromatic heterocycles. The zero-order valence-electron chi connectivity index (χ0n) is 28.0. The van der Waals surface area contributed by atoms with Gasteiger partial charge in [-0.3, -0.25) is 9.59 Å². The van der Waals surface area contributed by atoms with E-state index in [1.54, 1.807) is 59.7 Å². The molecule has 2 rings (SSSR count). The summed E-state index contributed by atoms with van der Waals surface area (Å²) in [5, 5.41) is 15.3. The normalized spacial score (nSPS) is 13.5. The van der Waals surface area contributed by atoms with E-state index in [2.05, 4.69) is 10.6 Å². The Kier molecular flexibility index (Phi) is 13.1. The van der Waals surface area contributed by atoms with E-state index in [9.17, 15) is 24.4 Å². The van der Waals surface area contributed by atoms with E-state index in [-0.39, 0.29) is 18.8 Å². The second kappa shape index (κ2) is 16.1. The molecule has 2 aromatic rings. The quantitative estimate of drug-likeness (QED) is 0.239. The van der Waals surface area contributed by atoms with Crippen molar-refractivity contribution in [3.05, 3.63) is 71.3 Å². The molecular weight excluding hydrogens is 572 g/mol. The van der Waals surface area contributed by atoms with Gasteiger partial charge in [-0.05, 0) is 71.9 Å². The fourth-order valence-corrected chi connectivity index (χ4v) is 4.70. The van der Waals surface area contributed by atoms with Crippen LogP contribution in [0.4, 0.5) is 4.79 Å². The van der Waals surface area contributed by atoms with E-state index in [1.165, 1.54) is 0 Å². The Morgan fingerprint density at radius 2 is 1.49 bits per heavy atom. The summed E-state index contributed by atoms with van der Waals surface area (Å²) in [6.07, 6.45) is -0.413. The fourth-order valence-electron chi connectivity index (χ4n) is 4.70. The monoisotopic (exact) mass is 620 g/mol. The van der Waals surface area contributed by atoms with Crippen LogP contribution in [-0.4, -0.2) is 58.6 Å². The molecule has 0 radical (unpaired) electrons. The number of benzene rings is 2. The molecule has 0 aliphatic heterocycles. The maximum absolute atomic E-state index is 14.3. The number of carbonyl (C=O) groups excluding carboxylic acids is 4. The van der Waals surface area contributed by atoms with Gasteiger partial charge in [0, 0.05) is 6.42 Å². The van der Waals surface area contributed by atoms with E-state index < -0.39 is 59.7 Å². The molecule has 0 heterocycles. The fraction of sp³-hybridized carbons (Fsp3) is 0.514. The summed E-state index contributed by atoms with van der Waals surface area (Å²) in [5.74, 6) is -1.96. The number of carbonyl (C=O) groups is 4. The number of alkyl carbamates (subject to hydrolysis) is 1. The molecule has 10 heteroatoms. The van der Waals surface area contributed by atoms with Crippen LogP contribution in [-0.2, 0) is 30.3 Å². The Bertz CT molecular complexity index is 1350. The molecule has 0 aliphatic carbocycles. The summed E-state index contributed by atoms with van der Waals surface area (Å²) in [6.45, 7) is 15.5. The average molecular weight is 621 g/mol. The van der Waals surface area contributed by atoms with Crippen molar-refractivity contribution in [2.45, 2.75) is 104 Å². The van der Waals surface area contributed by atoms with Gasteiger partial charge >= 0.3 is 12.1 Å². The molecule has 2 N–H and O–H groups in total. The highest BCUT2D eigenvalue weighted by Crippen LogP contribution is 2.25. The molecule has 0 bridgehead atoms. The first-order valence-electron chi connectivity index (χ1n) is 15.2. The summed E-state index contributed by atoms with van der Waals surface area (Å²) in [6, 6.07) is 14.8. The second-order valence-electron chi connectivity index (χ2n) is 13.6. The highest BCUT2D eigenvalue weighted by molar-refractivity contribution is 5.94. The highest BCUT2D eigenvalue weighted by atomic mass is 16.6. The van der Waals surface area contributed by atoms with Crippen molar-refractivity contribution in [1.29, 1.82) is 5.26 Å². The van der Waals surface area contributed by atoms with Crippen LogP contribution in [0.25, 0.3) is 0 Å². The predicted molar refractivity (Wildman–Crippen MR) is 172 cm³/mol. The Morgan fingerprint density at radius 1 is 0.867 bits per heavy atom. The van der Waals surface area contributed by atoms with Gasteiger partial charge in [0.15, 0.2) is 0 Å². The maximum Gasteiger partial charge on any atom is 0.408 e. The van der Waals surface area contributed by atoms with Crippen LogP contribution in [0.5, 0.6) is 0 Å². The van der Waals surface area contributed by atoms with E-state index in [0.29, 0.717) is 5.56 Å². The summed E-state index contributed by atoms with van der Waals surface area (Å²) >= 11 is 0. The van der Waals surface area contributed by atoms with Crippen molar-refractivity contribution in [3.63, 3.8) is 0 Å². The van der Waals surface area contributed by atoms with Crippen LogP contribution in [0, 0.1) is 24.2 Å². The maximum atomic E-state index is 14.3. The summed E-state index contributed by atoms with van der Waals surface area (Å²) in [4.78, 5) is 55.8. The van der Waals surface area contributed by atoms with Crippen LogP contribution in [0.15, 0.2) is 54.6 Å². The Hall–Kier alpha value is -4.39. The molecule has 3 atom stereocenters. The van der Waals surface area contributed by atoms with Crippen molar-refractivity contribution in [2.24, 2.45) is 5.92 Å². The number of aryl methyl sites for hydroxylation is 1. The van der Waals surface area contributed by atoms with E-state index >= 15 is 0 Å². The first-order valence-corrected chi connectivity index (χ1v) is 15.2. The second-order valence-corrected chi connectivity index (χ2v) is 13.6. The van der Waals surface area contributed by atoms with Crippen LogP contribution < -0.4 is 10.6 Å². The van der Waals surface area contributed by atoms with Gasteiger partial charge in [0.2, 0.25) is 11.8 Å². The molecule has 2 aromatic carbocycles. The third-order valence-corrected chi connectivity index (χ3v) is 6.43. The predicted octanol–water partition coefficient (Wildman–Crippen LogP) is 5.40. The van der Waals surface area contributed by atoms with Crippen LogP contribution in [0.1, 0.15) is 84.5 Å². The third kappa shape index (κ3) is 12.6. The molecule has 0 saturated carbocycles. The van der Waals surface area contributed by atoms with Gasteiger partial charge in [0.25, 0.3) is 0 Å². The molecule has 10 nitrogen and oxygen atoms in total. The Balaban J connectivity index is 2.58. The molecule has 0 aliphatic rings. The van der Waals surface area contributed by atoms with Gasteiger partial charge in [-0.15, -0.1) is 0 Å². The number of hydrogen-bond acceptors (Lipinski definition) is 7. The van der Waals surface area contributed by atoms with Gasteiger partial charge in [0.1, 0.15) is 35.9 Å². The molecule has 45 heavy (non-hydrogen) atoms. The summed E-state index contributed by atoms with van der Waals surface area (Å²) in [7, 11) is 0. The summed E-state index contributed by atoms with van der Waals surface area (Å²) < 4.78 is 11.1. The molecule has 0 fully saturated rings. The first-order chi connectivity index (χ1) is 20.9. The van der Waals surface area contributed by atoms with Crippen molar-refractivity contribution in [2.75, 3.05) is 6.54 Å². The number of amides is 3. The number of rotatable bonds is 12. The minimum Gasteiger partial charge on any atom is -0.458 e. The largest absolute Gasteiger partial charge is 0.458 e. The molecule has 0 saturated heterocycles. The average Bonchev–Trinajstić information content (AvgIpc) is 2.90. The molecular formula is C35H48N4O6. The van der Waals surface area contributed by atoms with Crippen molar-refractivity contribution in [1.82, 2.24) is 15.5 Å². The lowest BCUT2D eigenvalue weighted by Gasteiger charge is -2.34. The van der Waals surface area contributed by atoms with Crippen molar-refractivity contribution in [3.8, 4) is 6.07 Å². The van der Waals surface area contributed by atoms with E-state index in [1.807, 2.05) is 63.2 Å². The SMILES string of the molecule is Cc1cccc(C(C(=O)NC(Cc2ccccc2)C(=O)OC(C)(C)C)N(CC#N)C(=O)C(CC(C)C)NC(=O)OC(C)(C)C)c1. The Labute approximate surface area is 267 Å². The third-order valence-electron chi connectivity index (χ3n) is 6.43. The van der Waals surface area contributed by atoms with Gasteiger partial charge in [0.05, 0.1) is 6.07 Å². The molecule has 3 unspecified atom stereocenters. The van der Waals surface area contributed by atoms with Gasteiger partial charge < -0.3 is 25.0 Å². The van der Waals surface area contributed by atoms with E-state index in [0.717, 1.165) is 16.0 Å². The molecule has 244 valence electrons. The highest BCUT2D eigenvalue weighted by Gasteiger charge is 2.38. The van der Waals surface area contributed by atoms with Crippen molar-refractivity contribution >= 4 is 23.9 Å². The number of nitrogens with one attached hydrogen (secondary N) is 2. The smallest absolute Gasteiger partial charge is 0.408 e. The zero-order chi connectivity index (χ0) is 33.9. The summed E-state index contributed by atoms with van der Waals surface area (Å²) in [5.41, 5.74) is 0.450. The minimum absolute atomic E-state index is 0.0218. The lowest BCUT2D eigenvalue weighted by Crippen LogP contribution is -2.55. The van der Waals surface area contributed by atoms with Crippen LogP contribution >= 0.6 is 0 Å². The lowest BCUT2D eigenvalue weighted by molar-refractivity contribution is -0.159. The van der Waals surface area contributed by atoms with E-state index in [4.69, 9.17) is 9.47 Å².